The van der Waals surface area contributed by atoms with Crippen molar-refractivity contribution >= 4 is 10.4 Å². The molecule has 0 radical (unpaired) electrons. The van der Waals surface area contributed by atoms with Gasteiger partial charge in [-0.3, -0.25) is 4.18 Å². The van der Waals surface area contributed by atoms with E-state index in [1.807, 2.05) is 0 Å². The van der Waals surface area contributed by atoms with Gasteiger partial charge < -0.3 is 4.55 Å². The largest absolute Gasteiger partial charge is 1.00 e. The van der Waals surface area contributed by atoms with Gasteiger partial charge in [0.15, 0.2) is 0 Å². The Kier molecular flexibility index (Phi) is 39.9. The zero-order valence-corrected chi connectivity index (χ0v) is 32.5. The van der Waals surface area contributed by atoms with Crippen LogP contribution in [-0.2, 0) is 14.6 Å². The van der Waals surface area contributed by atoms with Crippen LogP contribution in [-0.4, -0.2) is 19.6 Å². The Morgan fingerprint density at radius 2 is 0.628 bits per heavy atom. The number of hydrogen-bond donors (Lipinski definition) is 0. The molecular weight excluding hydrogens is 563 g/mol. The van der Waals surface area contributed by atoms with Gasteiger partial charge >= 0.3 is 29.6 Å². The molecule has 0 N–H and O–H groups in total. The zero-order chi connectivity index (χ0) is 30.8. The average Bonchev–Trinajstić information content (AvgIpc) is 2.96. The van der Waals surface area contributed by atoms with Crippen molar-refractivity contribution in [3.05, 3.63) is 0 Å². The van der Waals surface area contributed by atoms with Crippen LogP contribution in [0.4, 0.5) is 0 Å². The summed E-state index contributed by atoms with van der Waals surface area (Å²) < 4.78 is 37.6. The van der Waals surface area contributed by atoms with Gasteiger partial charge in [-0.25, -0.2) is 8.42 Å². The van der Waals surface area contributed by atoms with Crippen molar-refractivity contribution in [1.29, 1.82) is 0 Å². The van der Waals surface area contributed by atoms with E-state index in [1.165, 1.54) is 186 Å². The summed E-state index contributed by atoms with van der Waals surface area (Å²) in [4.78, 5) is 0. The van der Waals surface area contributed by atoms with Crippen LogP contribution in [0.1, 0.15) is 226 Å². The van der Waals surface area contributed by atoms with E-state index < -0.39 is 10.4 Å². The molecular formula is C37H75NaO4S. The smallest absolute Gasteiger partial charge is 0.726 e. The Balaban J connectivity index is 0. The molecule has 43 heavy (non-hydrogen) atoms. The molecule has 0 bridgehead atoms. The molecule has 1 atom stereocenters. The Hall–Kier alpha value is 0.870. The van der Waals surface area contributed by atoms with Crippen LogP contribution in [0.2, 0.25) is 0 Å². The van der Waals surface area contributed by atoms with E-state index in [2.05, 4.69) is 18.0 Å². The van der Waals surface area contributed by atoms with E-state index in [0.29, 0.717) is 0 Å². The molecule has 0 amide bonds. The van der Waals surface area contributed by atoms with Gasteiger partial charge in [0.25, 0.3) is 0 Å². The summed E-state index contributed by atoms with van der Waals surface area (Å²) in [5.41, 5.74) is 0. The van der Waals surface area contributed by atoms with Crippen LogP contribution < -0.4 is 29.6 Å². The van der Waals surface area contributed by atoms with Gasteiger partial charge in [-0.1, -0.05) is 213 Å². The molecule has 254 valence electrons. The van der Waals surface area contributed by atoms with Crippen molar-refractivity contribution in [3.8, 4) is 0 Å². The summed E-state index contributed by atoms with van der Waals surface area (Å²) in [6.07, 6.45) is 43.9. The van der Waals surface area contributed by atoms with Gasteiger partial charge in [-0.05, 0) is 18.8 Å². The fraction of sp³-hybridized carbons (Fsp3) is 1.00. The summed E-state index contributed by atoms with van der Waals surface area (Å²) in [5, 5.41) is 0. The first-order valence-electron chi connectivity index (χ1n) is 19.1. The third-order valence-electron chi connectivity index (χ3n) is 9.13. The first-order chi connectivity index (χ1) is 20.5. The topological polar surface area (TPSA) is 66.4 Å². The third kappa shape index (κ3) is 40.8. The second-order valence-corrected chi connectivity index (χ2v) is 14.4. The minimum atomic E-state index is -4.59. The fourth-order valence-electron chi connectivity index (χ4n) is 6.28. The number of rotatable bonds is 36. The Bertz CT molecular complexity index is 614. The van der Waals surface area contributed by atoms with E-state index in [1.54, 1.807) is 0 Å². The van der Waals surface area contributed by atoms with E-state index in [4.69, 9.17) is 0 Å². The molecule has 0 aliphatic heterocycles. The maximum atomic E-state index is 11.0. The SMILES string of the molecule is CCCCCCCCCCCCCCCCCCCCCC(CCCCCCCCCCCCCC)COS(=O)(=O)[O-].[Na+]. The van der Waals surface area contributed by atoms with E-state index in [9.17, 15) is 13.0 Å². The molecule has 0 saturated heterocycles. The number of unbranched alkanes of at least 4 members (excludes halogenated alkanes) is 29. The van der Waals surface area contributed by atoms with Crippen molar-refractivity contribution in [3.63, 3.8) is 0 Å². The first-order valence-corrected chi connectivity index (χ1v) is 20.4. The van der Waals surface area contributed by atoms with Crippen molar-refractivity contribution in [2.75, 3.05) is 6.61 Å². The summed E-state index contributed by atoms with van der Waals surface area (Å²) in [5.74, 6) is 0.197. The van der Waals surface area contributed by atoms with Gasteiger partial charge in [0, 0.05) is 0 Å². The maximum absolute atomic E-state index is 11.0. The van der Waals surface area contributed by atoms with Crippen molar-refractivity contribution < 1.29 is 46.7 Å². The Labute approximate surface area is 293 Å². The third-order valence-corrected chi connectivity index (χ3v) is 9.55. The van der Waals surface area contributed by atoms with E-state index in [-0.39, 0.29) is 42.1 Å². The number of hydrogen-bond acceptors (Lipinski definition) is 4. The molecule has 0 spiro atoms. The van der Waals surface area contributed by atoms with Gasteiger partial charge in [0.05, 0.1) is 6.61 Å². The first kappa shape index (κ1) is 46.0. The van der Waals surface area contributed by atoms with Gasteiger partial charge in [0.1, 0.15) is 0 Å². The Morgan fingerprint density at radius 1 is 0.419 bits per heavy atom. The molecule has 0 fully saturated rings. The maximum Gasteiger partial charge on any atom is 1.00 e. The molecule has 0 saturated carbocycles. The predicted molar refractivity (Wildman–Crippen MR) is 183 cm³/mol. The molecule has 1 unspecified atom stereocenters. The molecule has 0 heterocycles. The van der Waals surface area contributed by atoms with Crippen molar-refractivity contribution in [2.45, 2.75) is 226 Å². The zero-order valence-electron chi connectivity index (χ0n) is 29.7. The van der Waals surface area contributed by atoms with Crippen molar-refractivity contribution in [1.82, 2.24) is 0 Å². The van der Waals surface area contributed by atoms with Gasteiger partial charge in [-0.15, -0.1) is 0 Å². The summed E-state index contributed by atoms with van der Waals surface area (Å²) >= 11 is 0. The quantitative estimate of drug-likeness (QED) is 0.0296. The van der Waals surface area contributed by atoms with Crippen molar-refractivity contribution in [2.24, 2.45) is 5.92 Å². The molecule has 0 aliphatic rings. The van der Waals surface area contributed by atoms with Crippen LogP contribution in [0, 0.1) is 5.92 Å². The molecule has 0 rings (SSSR count). The monoisotopic (exact) mass is 639 g/mol. The minimum Gasteiger partial charge on any atom is -0.726 e. The predicted octanol–water partition coefficient (Wildman–Crippen LogP) is 10.00. The molecule has 0 aliphatic carbocycles. The molecule has 0 aromatic carbocycles. The molecule has 6 heteroatoms. The normalized spacial score (nSPS) is 12.4. The van der Waals surface area contributed by atoms with Crippen LogP contribution in [0.3, 0.4) is 0 Å². The van der Waals surface area contributed by atoms with E-state index in [0.717, 1.165) is 25.7 Å². The average molecular weight is 639 g/mol. The summed E-state index contributed by atoms with van der Waals surface area (Å²) in [6.45, 7) is 4.63. The van der Waals surface area contributed by atoms with Gasteiger partial charge in [-0.2, -0.15) is 0 Å². The minimum absolute atomic E-state index is 0. The van der Waals surface area contributed by atoms with Crippen LogP contribution in [0.5, 0.6) is 0 Å². The van der Waals surface area contributed by atoms with Crippen LogP contribution in [0.15, 0.2) is 0 Å². The molecule has 4 nitrogen and oxygen atoms in total. The summed E-state index contributed by atoms with van der Waals surface area (Å²) in [6, 6.07) is 0. The molecule has 0 aromatic rings. The molecule has 0 aromatic heterocycles. The summed E-state index contributed by atoms with van der Waals surface area (Å²) in [7, 11) is -4.59. The second kappa shape index (κ2) is 37.3. The van der Waals surface area contributed by atoms with E-state index >= 15 is 0 Å². The Morgan fingerprint density at radius 3 is 0.837 bits per heavy atom. The van der Waals surface area contributed by atoms with Crippen LogP contribution >= 0.6 is 0 Å². The standard InChI is InChI=1S/C37H76O4S.Na/c1-3-5-7-9-11-13-15-17-18-19-20-21-22-23-25-27-29-31-33-35-37(36-41-42(38,39)40)34-32-30-28-26-24-16-14-12-10-8-6-4-2;/h37H,3-36H2,1-2H3,(H,38,39,40);/q;+1/p-1. The van der Waals surface area contributed by atoms with Crippen LogP contribution in [0.25, 0.3) is 0 Å². The fourth-order valence-corrected chi connectivity index (χ4v) is 6.64. The second-order valence-electron chi connectivity index (χ2n) is 13.4. The van der Waals surface area contributed by atoms with Gasteiger partial charge in [0.2, 0.25) is 10.4 Å².